The summed E-state index contributed by atoms with van der Waals surface area (Å²) in [5.74, 6) is -0.118. The second-order valence-electron chi connectivity index (χ2n) is 5.95. The first kappa shape index (κ1) is 15.6. The minimum absolute atomic E-state index is 0.118. The standard InChI is InChI=1S/C20H23NO2/c1-3-4-5-14-20(22)23-15(2)21-18-12-8-6-10-16(18)17-11-7-9-13-19(17)21/h6-13,15H,3-5,14H2,1-2H3. The van der Waals surface area contributed by atoms with Gasteiger partial charge >= 0.3 is 5.97 Å². The van der Waals surface area contributed by atoms with E-state index >= 15 is 0 Å². The van der Waals surface area contributed by atoms with Gasteiger partial charge in [0.15, 0.2) is 6.23 Å². The van der Waals surface area contributed by atoms with Gasteiger partial charge in [0.25, 0.3) is 0 Å². The molecule has 1 aromatic heterocycles. The van der Waals surface area contributed by atoms with Crippen LogP contribution < -0.4 is 0 Å². The maximum atomic E-state index is 12.1. The number of carbonyl (C=O) groups excluding carboxylic acids is 1. The highest BCUT2D eigenvalue weighted by atomic mass is 16.6. The van der Waals surface area contributed by atoms with Crippen molar-refractivity contribution in [2.24, 2.45) is 0 Å². The van der Waals surface area contributed by atoms with Crippen LogP contribution >= 0.6 is 0 Å². The fourth-order valence-electron chi connectivity index (χ4n) is 3.17. The molecule has 0 aliphatic rings. The Labute approximate surface area is 136 Å². The number of para-hydroxylation sites is 2. The number of aromatic nitrogens is 1. The third-order valence-corrected chi connectivity index (χ3v) is 4.27. The van der Waals surface area contributed by atoms with Gasteiger partial charge in [-0.05, 0) is 25.5 Å². The molecule has 0 aliphatic carbocycles. The Bertz CT molecular complexity index is 765. The number of benzene rings is 2. The van der Waals surface area contributed by atoms with Crippen molar-refractivity contribution in [3.8, 4) is 0 Å². The average Bonchev–Trinajstić information content (AvgIpc) is 2.89. The minimum atomic E-state index is -0.311. The van der Waals surface area contributed by atoms with Gasteiger partial charge in [-0.1, -0.05) is 56.2 Å². The van der Waals surface area contributed by atoms with Crippen molar-refractivity contribution in [1.82, 2.24) is 4.57 Å². The molecule has 0 N–H and O–H groups in total. The smallest absolute Gasteiger partial charge is 0.307 e. The molecule has 3 rings (SSSR count). The maximum Gasteiger partial charge on any atom is 0.307 e. The number of ether oxygens (including phenoxy) is 1. The molecule has 0 radical (unpaired) electrons. The maximum absolute atomic E-state index is 12.1. The van der Waals surface area contributed by atoms with Crippen LogP contribution in [0.3, 0.4) is 0 Å². The highest BCUT2D eigenvalue weighted by Crippen LogP contribution is 2.32. The average molecular weight is 309 g/mol. The van der Waals surface area contributed by atoms with Crippen LogP contribution in [0.4, 0.5) is 0 Å². The second kappa shape index (κ2) is 6.86. The van der Waals surface area contributed by atoms with E-state index in [4.69, 9.17) is 4.74 Å². The molecule has 0 fully saturated rings. The topological polar surface area (TPSA) is 31.2 Å². The summed E-state index contributed by atoms with van der Waals surface area (Å²) in [6.07, 6.45) is 3.26. The summed E-state index contributed by atoms with van der Waals surface area (Å²) in [7, 11) is 0. The minimum Gasteiger partial charge on any atom is -0.441 e. The fraction of sp³-hybridized carbons (Fsp3) is 0.350. The van der Waals surface area contributed by atoms with Crippen LogP contribution in [0, 0.1) is 0 Å². The summed E-state index contributed by atoms with van der Waals surface area (Å²) in [5, 5.41) is 2.38. The largest absolute Gasteiger partial charge is 0.441 e. The molecule has 0 saturated heterocycles. The predicted octanol–water partition coefficient (Wildman–Crippen LogP) is 5.44. The van der Waals surface area contributed by atoms with E-state index in [0.717, 1.165) is 30.3 Å². The van der Waals surface area contributed by atoms with Crippen LogP contribution in [-0.4, -0.2) is 10.5 Å². The molecule has 0 aliphatic heterocycles. The van der Waals surface area contributed by atoms with Crippen molar-refractivity contribution in [2.75, 3.05) is 0 Å². The lowest BCUT2D eigenvalue weighted by Crippen LogP contribution is -2.14. The number of nitrogens with zero attached hydrogens (tertiary/aromatic N) is 1. The number of unbranched alkanes of at least 4 members (excludes halogenated alkanes) is 2. The third-order valence-electron chi connectivity index (χ3n) is 4.27. The van der Waals surface area contributed by atoms with Gasteiger partial charge in [-0.15, -0.1) is 0 Å². The molecule has 2 aromatic carbocycles. The molecule has 1 heterocycles. The molecule has 0 amide bonds. The molecular weight excluding hydrogens is 286 g/mol. The lowest BCUT2D eigenvalue weighted by atomic mass is 10.2. The highest BCUT2D eigenvalue weighted by molar-refractivity contribution is 6.08. The normalized spacial score (nSPS) is 12.6. The quantitative estimate of drug-likeness (QED) is 0.448. The van der Waals surface area contributed by atoms with E-state index < -0.39 is 0 Å². The lowest BCUT2D eigenvalue weighted by molar-refractivity contribution is -0.152. The van der Waals surface area contributed by atoms with E-state index in [1.54, 1.807) is 0 Å². The van der Waals surface area contributed by atoms with E-state index in [-0.39, 0.29) is 12.2 Å². The second-order valence-corrected chi connectivity index (χ2v) is 5.95. The van der Waals surface area contributed by atoms with Gasteiger partial charge in [0, 0.05) is 17.2 Å². The number of esters is 1. The molecule has 3 aromatic rings. The SMILES string of the molecule is CCCCCC(=O)OC(C)n1c2ccccc2c2ccccc21. The molecule has 120 valence electrons. The Morgan fingerprint density at radius 1 is 1.00 bits per heavy atom. The Morgan fingerprint density at radius 3 is 2.13 bits per heavy atom. The van der Waals surface area contributed by atoms with Crippen molar-refractivity contribution in [2.45, 2.75) is 45.8 Å². The van der Waals surface area contributed by atoms with Gasteiger partial charge in [-0.3, -0.25) is 4.79 Å². The van der Waals surface area contributed by atoms with Gasteiger partial charge < -0.3 is 9.30 Å². The number of carbonyl (C=O) groups is 1. The summed E-state index contributed by atoms with van der Waals surface area (Å²) in [6, 6.07) is 16.5. The molecular formula is C20H23NO2. The summed E-state index contributed by atoms with van der Waals surface area (Å²) in [4.78, 5) is 12.1. The van der Waals surface area contributed by atoms with E-state index in [1.807, 2.05) is 31.2 Å². The third kappa shape index (κ3) is 3.09. The first-order valence-electron chi connectivity index (χ1n) is 8.39. The fourth-order valence-corrected chi connectivity index (χ4v) is 3.17. The Kier molecular flexibility index (Phi) is 4.65. The van der Waals surface area contributed by atoms with E-state index in [0.29, 0.717) is 6.42 Å². The molecule has 0 saturated carbocycles. The van der Waals surface area contributed by atoms with Crippen LogP contribution in [0.1, 0.15) is 45.8 Å². The van der Waals surface area contributed by atoms with Gasteiger partial charge in [-0.2, -0.15) is 0 Å². The zero-order chi connectivity index (χ0) is 16.2. The van der Waals surface area contributed by atoms with E-state index in [9.17, 15) is 4.79 Å². The Morgan fingerprint density at radius 2 is 1.57 bits per heavy atom. The van der Waals surface area contributed by atoms with E-state index in [2.05, 4.69) is 35.8 Å². The summed E-state index contributed by atoms with van der Waals surface area (Å²) >= 11 is 0. The summed E-state index contributed by atoms with van der Waals surface area (Å²) in [5.41, 5.74) is 2.20. The van der Waals surface area contributed by atoms with Crippen LogP contribution in [0.2, 0.25) is 0 Å². The molecule has 3 nitrogen and oxygen atoms in total. The molecule has 0 spiro atoms. The molecule has 23 heavy (non-hydrogen) atoms. The van der Waals surface area contributed by atoms with Gasteiger partial charge in [-0.25, -0.2) is 0 Å². The van der Waals surface area contributed by atoms with Crippen LogP contribution in [0.5, 0.6) is 0 Å². The number of rotatable bonds is 6. The first-order valence-corrected chi connectivity index (χ1v) is 8.39. The van der Waals surface area contributed by atoms with E-state index in [1.165, 1.54) is 10.8 Å². The van der Waals surface area contributed by atoms with Crippen molar-refractivity contribution >= 4 is 27.8 Å². The molecule has 0 bridgehead atoms. The number of hydrogen-bond donors (Lipinski definition) is 0. The molecule has 1 atom stereocenters. The first-order chi connectivity index (χ1) is 11.2. The van der Waals surface area contributed by atoms with Crippen molar-refractivity contribution < 1.29 is 9.53 Å². The number of fused-ring (bicyclic) bond motifs is 3. The molecule has 1 unspecified atom stereocenters. The zero-order valence-corrected chi connectivity index (χ0v) is 13.8. The Balaban J connectivity index is 1.93. The van der Waals surface area contributed by atoms with Gasteiger partial charge in [0.2, 0.25) is 0 Å². The van der Waals surface area contributed by atoms with Crippen molar-refractivity contribution in [3.63, 3.8) is 0 Å². The summed E-state index contributed by atoms with van der Waals surface area (Å²) in [6.45, 7) is 4.07. The van der Waals surface area contributed by atoms with Crippen LogP contribution in [-0.2, 0) is 9.53 Å². The monoisotopic (exact) mass is 309 g/mol. The Hall–Kier alpha value is -2.29. The van der Waals surface area contributed by atoms with Gasteiger partial charge in [0.1, 0.15) is 0 Å². The lowest BCUT2D eigenvalue weighted by Gasteiger charge is -2.17. The van der Waals surface area contributed by atoms with Crippen LogP contribution in [0.25, 0.3) is 21.8 Å². The van der Waals surface area contributed by atoms with Crippen LogP contribution in [0.15, 0.2) is 48.5 Å². The zero-order valence-electron chi connectivity index (χ0n) is 13.8. The van der Waals surface area contributed by atoms with Gasteiger partial charge in [0.05, 0.1) is 11.0 Å². The van der Waals surface area contributed by atoms with Crippen molar-refractivity contribution in [1.29, 1.82) is 0 Å². The molecule has 3 heteroatoms. The highest BCUT2D eigenvalue weighted by Gasteiger charge is 2.17. The summed E-state index contributed by atoms with van der Waals surface area (Å²) < 4.78 is 7.80. The number of hydrogen-bond acceptors (Lipinski definition) is 2. The predicted molar refractivity (Wildman–Crippen MR) is 94.4 cm³/mol. The van der Waals surface area contributed by atoms with Crippen molar-refractivity contribution in [3.05, 3.63) is 48.5 Å².